The summed E-state index contributed by atoms with van der Waals surface area (Å²) in [5, 5.41) is 9.84. The lowest BCUT2D eigenvalue weighted by Gasteiger charge is -2.10. The van der Waals surface area contributed by atoms with E-state index in [1.807, 2.05) is 36.4 Å². The Balaban J connectivity index is 1.65. The largest absolute Gasteiger partial charge is 0.472 e. The van der Waals surface area contributed by atoms with E-state index in [0.29, 0.717) is 11.6 Å². The minimum Gasteiger partial charge on any atom is -0.472 e. The Hall–Kier alpha value is -3.32. The van der Waals surface area contributed by atoms with E-state index in [1.54, 1.807) is 12.1 Å². The Bertz CT molecular complexity index is 880. The molecule has 0 aliphatic rings. The molecule has 7 nitrogen and oxygen atoms in total. The molecule has 0 radical (unpaired) electrons. The molecule has 2 aromatic carbocycles. The molecule has 1 amide bonds. The Morgan fingerprint density at radius 2 is 1.89 bits per heavy atom. The number of aromatic amines is 1. The number of H-pyrrole nitrogens is 1. The standard InChI is InChI=1S/C20H21N3O4/c1-14(15-8-4-3-5-9-15)18-12-19(23-22-18)26-13-16-10-6-7-11-17(16)21-20(24)27-25-2/h3-12,14H,13H2,1-2H3,(H,21,24)(H,22,23). The Kier molecular flexibility index (Phi) is 6.06. The van der Waals surface area contributed by atoms with Crippen LogP contribution < -0.4 is 10.1 Å². The summed E-state index contributed by atoms with van der Waals surface area (Å²) in [6.45, 7) is 2.35. The first-order valence-electron chi connectivity index (χ1n) is 8.50. The number of ether oxygens (including phenoxy) is 1. The highest BCUT2D eigenvalue weighted by atomic mass is 17.2. The highest BCUT2D eigenvalue weighted by Crippen LogP contribution is 2.25. The SMILES string of the molecule is COOC(=O)Nc1ccccc1COc1cc(C(C)c2ccccc2)[nH]n1. The monoisotopic (exact) mass is 367 g/mol. The van der Waals surface area contributed by atoms with Gasteiger partial charge in [0.05, 0.1) is 12.8 Å². The Labute approximate surface area is 157 Å². The van der Waals surface area contributed by atoms with Crippen LogP contribution in [-0.2, 0) is 16.4 Å². The smallest absolute Gasteiger partial charge is 0.443 e. The molecule has 3 aromatic rings. The Morgan fingerprint density at radius 1 is 1.15 bits per heavy atom. The minimum atomic E-state index is -0.705. The minimum absolute atomic E-state index is 0.175. The molecule has 0 saturated carbocycles. The number of nitrogens with one attached hydrogen (secondary N) is 2. The number of hydrogen-bond donors (Lipinski definition) is 2. The van der Waals surface area contributed by atoms with Crippen molar-refractivity contribution in [2.24, 2.45) is 0 Å². The number of amides is 1. The first kappa shape index (κ1) is 18.5. The second-order valence-electron chi connectivity index (χ2n) is 5.90. The molecule has 0 bridgehead atoms. The number of nitrogens with zero attached hydrogens (tertiary/aromatic N) is 1. The molecule has 3 rings (SSSR count). The van der Waals surface area contributed by atoms with Gasteiger partial charge in [-0.05, 0) is 11.6 Å². The van der Waals surface area contributed by atoms with Crippen molar-refractivity contribution >= 4 is 11.8 Å². The number of carbonyl (C=O) groups excluding carboxylic acids is 1. The predicted octanol–water partition coefficient (Wildman–Crippen LogP) is 4.25. The summed E-state index contributed by atoms with van der Waals surface area (Å²) in [6.07, 6.45) is -0.705. The molecular formula is C20H21N3O4. The van der Waals surface area contributed by atoms with E-state index in [9.17, 15) is 4.79 Å². The molecule has 0 saturated heterocycles. The van der Waals surface area contributed by atoms with Crippen molar-refractivity contribution in [1.29, 1.82) is 0 Å². The van der Waals surface area contributed by atoms with Gasteiger partial charge in [0.1, 0.15) is 6.61 Å². The molecule has 0 aliphatic heterocycles. The summed E-state index contributed by atoms with van der Waals surface area (Å²) >= 11 is 0. The number of benzene rings is 2. The van der Waals surface area contributed by atoms with Crippen molar-refractivity contribution in [3.63, 3.8) is 0 Å². The zero-order valence-corrected chi connectivity index (χ0v) is 15.1. The molecule has 2 N–H and O–H groups in total. The molecule has 0 fully saturated rings. The summed E-state index contributed by atoms with van der Waals surface area (Å²) in [6, 6.07) is 19.3. The van der Waals surface area contributed by atoms with Gasteiger partial charge in [0.2, 0.25) is 5.88 Å². The Morgan fingerprint density at radius 3 is 2.67 bits per heavy atom. The number of rotatable bonds is 7. The quantitative estimate of drug-likeness (QED) is 0.482. The maximum Gasteiger partial charge on any atom is 0.443 e. The average molecular weight is 367 g/mol. The lowest BCUT2D eigenvalue weighted by Crippen LogP contribution is -2.14. The van der Waals surface area contributed by atoms with Gasteiger partial charge in [0, 0.05) is 23.2 Å². The van der Waals surface area contributed by atoms with Gasteiger partial charge in [0.15, 0.2) is 0 Å². The summed E-state index contributed by atoms with van der Waals surface area (Å²) < 4.78 is 5.78. The summed E-state index contributed by atoms with van der Waals surface area (Å²) in [7, 11) is 1.26. The van der Waals surface area contributed by atoms with E-state index < -0.39 is 6.09 Å². The van der Waals surface area contributed by atoms with Gasteiger partial charge >= 0.3 is 6.09 Å². The van der Waals surface area contributed by atoms with Crippen molar-refractivity contribution in [2.75, 3.05) is 12.4 Å². The van der Waals surface area contributed by atoms with Gasteiger partial charge in [-0.15, -0.1) is 5.10 Å². The topological polar surface area (TPSA) is 85.5 Å². The second kappa shape index (κ2) is 8.86. The van der Waals surface area contributed by atoms with Crippen LogP contribution in [0.25, 0.3) is 0 Å². The van der Waals surface area contributed by atoms with Gasteiger partial charge < -0.3 is 4.74 Å². The lowest BCUT2D eigenvalue weighted by molar-refractivity contribution is -0.208. The molecule has 1 heterocycles. The van der Waals surface area contributed by atoms with E-state index in [2.05, 4.69) is 44.3 Å². The van der Waals surface area contributed by atoms with Gasteiger partial charge in [0.25, 0.3) is 0 Å². The third-order valence-corrected chi connectivity index (χ3v) is 4.13. The summed E-state index contributed by atoms with van der Waals surface area (Å²) in [4.78, 5) is 20.3. The van der Waals surface area contributed by atoms with Crippen LogP contribution in [0.3, 0.4) is 0 Å². The van der Waals surface area contributed by atoms with Gasteiger partial charge in [-0.3, -0.25) is 15.3 Å². The van der Waals surface area contributed by atoms with Crippen molar-refractivity contribution in [2.45, 2.75) is 19.4 Å². The molecule has 7 heteroatoms. The first-order valence-corrected chi connectivity index (χ1v) is 8.50. The number of para-hydroxylation sites is 1. The zero-order valence-electron chi connectivity index (χ0n) is 15.1. The average Bonchev–Trinajstić information content (AvgIpc) is 3.16. The van der Waals surface area contributed by atoms with Crippen LogP contribution in [0, 0.1) is 0 Å². The fraction of sp³-hybridized carbons (Fsp3) is 0.200. The van der Waals surface area contributed by atoms with E-state index in [1.165, 1.54) is 12.7 Å². The van der Waals surface area contributed by atoms with Crippen LogP contribution in [0.15, 0.2) is 60.7 Å². The number of anilines is 1. The van der Waals surface area contributed by atoms with Gasteiger partial charge in [-0.25, -0.2) is 4.79 Å². The summed E-state index contributed by atoms with van der Waals surface area (Å²) in [5.74, 6) is 0.663. The number of aromatic nitrogens is 2. The summed E-state index contributed by atoms with van der Waals surface area (Å²) in [5.41, 5.74) is 3.52. The van der Waals surface area contributed by atoms with E-state index in [-0.39, 0.29) is 12.5 Å². The third kappa shape index (κ3) is 4.86. The molecular weight excluding hydrogens is 346 g/mol. The van der Waals surface area contributed by atoms with Crippen LogP contribution in [0.5, 0.6) is 5.88 Å². The maximum atomic E-state index is 11.5. The number of hydrogen-bond acceptors (Lipinski definition) is 5. The lowest BCUT2D eigenvalue weighted by atomic mass is 9.98. The molecule has 0 aliphatic carbocycles. The number of carbonyl (C=O) groups is 1. The van der Waals surface area contributed by atoms with Crippen LogP contribution in [0.2, 0.25) is 0 Å². The molecule has 1 unspecified atom stereocenters. The highest BCUT2D eigenvalue weighted by Gasteiger charge is 2.13. The van der Waals surface area contributed by atoms with E-state index in [0.717, 1.165) is 11.3 Å². The van der Waals surface area contributed by atoms with Gasteiger partial charge in [-0.2, -0.15) is 4.89 Å². The zero-order chi connectivity index (χ0) is 19.1. The van der Waals surface area contributed by atoms with E-state index in [4.69, 9.17) is 4.74 Å². The highest BCUT2D eigenvalue weighted by molar-refractivity contribution is 5.85. The van der Waals surface area contributed by atoms with Crippen LogP contribution in [0.1, 0.15) is 29.7 Å². The van der Waals surface area contributed by atoms with E-state index >= 15 is 0 Å². The molecule has 0 spiro atoms. The fourth-order valence-corrected chi connectivity index (χ4v) is 2.66. The van der Waals surface area contributed by atoms with Crippen LogP contribution >= 0.6 is 0 Å². The van der Waals surface area contributed by atoms with Crippen molar-refractivity contribution in [3.8, 4) is 5.88 Å². The molecule has 27 heavy (non-hydrogen) atoms. The van der Waals surface area contributed by atoms with Crippen molar-refractivity contribution in [3.05, 3.63) is 77.5 Å². The molecule has 1 atom stereocenters. The normalized spacial score (nSPS) is 11.6. The van der Waals surface area contributed by atoms with Crippen molar-refractivity contribution in [1.82, 2.24) is 10.2 Å². The molecule has 140 valence electrons. The van der Waals surface area contributed by atoms with Crippen LogP contribution in [0.4, 0.5) is 10.5 Å². The second-order valence-corrected chi connectivity index (χ2v) is 5.90. The third-order valence-electron chi connectivity index (χ3n) is 4.13. The fourth-order valence-electron chi connectivity index (χ4n) is 2.66. The van der Waals surface area contributed by atoms with Crippen molar-refractivity contribution < 1.29 is 19.3 Å². The van der Waals surface area contributed by atoms with Crippen LogP contribution in [-0.4, -0.2) is 23.4 Å². The first-order chi connectivity index (χ1) is 13.2. The molecule has 1 aromatic heterocycles. The predicted molar refractivity (Wildman–Crippen MR) is 100 cm³/mol. The maximum absolute atomic E-state index is 11.5. The van der Waals surface area contributed by atoms with Gasteiger partial charge in [-0.1, -0.05) is 55.5 Å².